The number of rotatable bonds is 6. The van der Waals surface area contributed by atoms with E-state index >= 15 is 0 Å². The fourth-order valence-electron chi connectivity index (χ4n) is 3.14. The lowest BCUT2D eigenvalue weighted by Crippen LogP contribution is -2.46. The van der Waals surface area contributed by atoms with Crippen LogP contribution in [0.3, 0.4) is 0 Å². The van der Waals surface area contributed by atoms with Crippen LogP contribution in [0.5, 0.6) is 0 Å². The van der Waals surface area contributed by atoms with Gasteiger partial charge in [0.2, 0.25) is 0 Å². The van der Waals surface area contributed by atoms with E-state index in [2.05, 4.69) is 38.6 Å². The normalized spacial score (nSPS) is 15.7. The zero-order valence-corrected chi connectivity index (χ0v) is 18.6. The average Bonchev–Trinajstić information content (AvgIpc) is 3.02. The molecule has 0 bridgehead atoms. The molecule has 2 heterocycles. The van der Waals surface area contributed by atoms with Gasteiger partial charge in [-0.3, -0.25) is 9.79 Å². The van der Waals surface area contributed by atoms with Gasteiger partial charge in [-0.1, -0.05) is 13.8 Å². The highest BCUT2D eigenvalue weighted by Gasteiger charge is 2.27. The number of nitrogens with zero attached hydrogens (tertiary/aromatic N) is 4. The van der Waals surface area contributed by atoms with Gasteiger partial charge in [-0.15, -0.1) is 24.0 Å². The van der Waals surface area contributed by atoms with Crippen LogP contribution < -0.4 is 5.32 Å². The number of nitrogens with one attached hydrogen (secondary N) is 1. The smallest absolute Gasteiger partial charge is 0.309 e. The molecule has 0 aromatic carbocycles. The van der Waals surface area contributed by atoms with Crippen molar-refractivity contribution >= 4 is 35.9 Å². The largest absolute Gasteiger partial charge is 0.466 e. The van der Waals surface area contributed by atoms with Crippen LogP contribution in [-0.2, 0) is 22.6 Å². The van der Waals surface area contributed by atoms with E-state index < -0.39 is 0 Å². The van der Waals surface area contributed by atoms with Crippen LogP contribution in [0.4, 0.5) is 0 Å². The van der Waals surface area contributed by atoms with Gasteiger partial charge in [0.05, 0.1) is 19.1 Å². The molecule has 1 aliphatic heterocycles. The Morgan fingerprint density at radius 1 is 1.42 bits per heavy atom. The van der Waals surface area contributed by atoms with Gasteiger partial charge >= 0.3 is 5.97 Å². The molecule has 0 saturated carbocycles. The molecule has 0 unspecified atom stereocenters. The van der Waals surface area contributed by atoms with Gasteiger partial charge in [0.1, 0.15) is 5.82 Å². The molecular formula is C18H32IN5O2. The third-order valence-corrected chi connectivity index (χ3v) is 4.39. The van der Waals surface area contributed by atoms with Crippen molar-refractivity contribution in [3.8, 4) is 0 Å². The molecule has 2 rings (SSSR count). The minimum absolute atomic E-state index is 0. The Balaban J connectivity index is 0.00000338. The Morgan fingerprint density at radius 3 is 2.69 bits per heavy atom. The van der Waals surface area contributed by atoms with Gasteiger partial charge in [0.15, 0.2) is 5.96 Å². The van der Waals surface area contributed by atoms with Crippen LogP contribution >= 0.6 is 24.0 Å². The van der Waals surface area contributed by atoms with E-state index in [1.165, 1.54) is 0 Å². The molecule has 1 aromatic rings. The number of aliphatic imine (C=N–C) groups is 1. The van der Waals surface area contributed by atoms with Crippen molar-refractivity contribution < 1.29 is 9.53 Å². The number of esters is 1. The highest BCUT2D eigenvalue weighted by atomic mass is 127. The van der Waals surface area contributed by atoms with Crippen molar-refractivity contribution in [3.05, 3.63) is 18.2 Å². The van der Waals surface area contributed by atoms with E-state index in [9.17, 15) is 4.79 Å². The Kier molecular flexibility index (Phi) is 9.97. The molecule has 148 valence electrons. The molecule has 1 aliphatic rings. The third-order valence-electron chi connectivity index (χ3n) is 4.39. The van der Waals surface area contributed by atoms with Crippen LogP contribution in [0.1, 0.15) is 39.4 Å². The minimum Gasteiger partial charge on any atom is -0.466 e. The standard InChI is InChI=1S/C18H31N5O2.HI/c1-5-25-17(24)15-6-9-22(10-7-15)18(19-4)21-12-16-20-8-11-23(16)13-14(2)3;/h8,11,14-15H,5-7,9-10,12-13H2,1-4H3,(H,19,21);1H. The lowest BCUT2D eigenvalue weighted by Gasteiger charge is -2.33. The molecule has 7 nitrogen and oxygen atoms in total. The molecule has 0 amide bonds. The first-order valence-electron chi connectivity index (χ1n) is 9.17. The Labute approximate surface area is 173 Å². The summed E-state index contributed by atoms with van der Waals surface area (Å²) in [5.74, 6) is 2.40. The van der Waals surface area contributed by atoms with Crippen LogP contribution in [0.2, 0.25) is 0 Å². The van der Waals surface area contributed by atoms with Gasteiger partial charge in [-0.2, -0.15) is 0 Å². The topological polar surface area (TPSA) is 71.8 Å². The van der Waals surface area contributed by atoms with E-state index in [0.717, 1.165) is 44.3 Å². The quantitative estimate of drug-likeness (QED) is 0.295. The minimum atomic E-state index is -0.0687. The summed E-state index contributed by atoms with van der Waals surface area (Å²) in [6.07, 6.45) is 5.47. The number of halogens is 1. The van der Waals surface area contributed by atoms with Crippen molar-refractivity contribution in [1.29, 1.82) is 0 Å². The maximum atomic E-state index is 11.9. The summed E-state index contributed by atoms with van der Waals surface area (Å²) >= 11 is 0. The fraction of sp³-hybridized carbons (Fsp3) is 0.722. The van der Waals surface area contributed by atoms with E-state index in [1.807, 2.05) is 19.3 Å². The van der Waals surface area contributed by atoms with Crippen LogP contribution in [0.15, 0.2) is 17.4 Å². The maximum absolute atomic E-state index is 11.9. The van der Waals surface area contributed by atoms with Crippen molar-refractivity contribution in [1.82, 2.24) is 19.8 Å². The van der Waals surface area contributed by atoms with Gasteiger partial charge in [0, 0.05) is 39.1 Å². The van der Waals surface area contributed by atoms with Gasteiger partial charge in [0.25, 0.3) is 0 Å². The lowest BCUT2D eigenvalue weighted by atomic mass is 9.97. The monoisotopic (exact) mass is 477 g/mol. The fourth-order valence-corrected chi connectivity index (χ4v) is 3.14. The van der Waals surface area contributed by atoms with Crippen molar-refractivity contribution in [2.24, 2.45) is 16.8 Å². The Morgan fingerprint density at radius 2 is 2.12 bits per heavy atom. The summed E-state index contributed by atoms with van der Waals surface area (Å²) in [5, 5.41) is 3.40. The molecule has 26 heavy (non-hydrogen) atoms. The van der Waals surface area contributed by atoms with Crippen molar-refractivity contribution in [3.63, 3.8) is 0 Å². The summed E-state index contributed by atoms with van der Waals surface area (Å²) in [6, 6.07) is 0. The highest BCUT2D eigenvalue weighted by Crippen LogP contribution is 2.18. The Bertz CT molecular complexity index is 580. The first-order valence-corrected chi connectivity index (χ1v) is 9.17. The number of aromatic nitrogens is 2. The first-order chi connectivity index (χ1) is 12.0. The number of carbonyl (C=O) groups excluding carboxylic acids is 1. The number of hydrogen-bond donors (Lipinski definition) is 1. The zero-order chi connectivity index (χ0) is 18.2. The maximum Gasteiger partial charge on any atom is 0.309 e. The van der Waals surface area contributed by atoms with Crippen LogP contribution in [-0.4, -0.2) is 53.1 Å². The summed E-state index contributed by atoms with van der Waals surface area (Å²) in [7, 11) is 1.79. The van der Waals surface area contributed by atoms with Crippen molar-refractivity contribution in [2.75, 3.05) is 26.7 Å². The number of hydrogen-bond acceptors (Lipinski definition) is 4. The molecule has 0 radical (unpaired) electrons. The van der Waals surface area contributed by atoms with E-state index in [0.29, 0.717) is 19.1 Å². The molecule has 1 N–H and O–H groups in total. The summed E-state index contributed by atoms with van der Waals surface area (Å²) in [5.41, 5.74) is 0. The second-order valence-electron chi connectivity index (χ2n) is 6.80. The average molecular weight is 477 g/mol. The molecule has 1 saturated heterocycles. The molecule has 0 aliphatic carbocycles. The second-order valence-corrected chi connectivity index (χ2v) is 6.80. The molecule has 8 heteroatoms. The molecular weight excluding hydrogens is 445 g/mol. The predicted molar refractivity (Wildman–Crippen MR) is 114 cm³/mol. The van der Waals surface area contributed by atoms with E-state index in [1.54, 1.807) is 7.05 Å². The molecule has 0 spiro atoms. The Hall–Kier alpha value is -1.32. The number of likely N-dealkylation sites (tertiary alicyclic amines) is 1. The molecule has 1 fully saturated rings. The van der Waals surface area contributed by atoms with Gasteiger partial charge in [-0.05, 0) is 25.7 Å². The van der Waals surface area contributed by atoms with Gasteiger partial charge < -0.3 is 19.5 Å². The molecule has 0 atom stereocenters. The second kappa shape index (κ2) is 11.4. The first kappa shape index (κ1) is 22.7. The number of imidazole rings is 1. The third kappa shape index (κ3) is 6.44. The molecule has 1 aromatic heterocycles. The van der Waals surface area contributed by atoms with Crippen LogP contribution in [0, 0.1) is 11.8 Å². The number of guanidine groups is 1. The zero-order valence-electron chi connectivity index (χ0n) is 16.3. The van der Waals surface area contributed by atoms with Crippen molar-refractivity contribution in [2.45, 2.75) is 46.7 Å². The summed E-state index contributed by atoms with van der Waals surface area (Å²) < 4.78 is 7.31. The lowest BCUT2D eigenvalue weighted by molar-refractivity contribution is -0.149. The number of piperidine rings is 1. The van der Waals surface area contributed by atoms with E-state index in [-0.39, 0.29) is 35.9 Å². The van der Waals surface area contributed by atoms with Crippen LogP contribution in [0.25, 0.3) is 0 Å². The summed E-state index contributed by atoms with van der Waals surface area (Å²) in [4.78, 5) is 22.9. The highest BCUT2D eigenvalue weighted by molar-refractivity contribution is 14.0. The SMILES string of the molecule is CCOC(=O)C1CCN(C(=NC)NCc2nccn2CC(C)C)CC1.I. The van der Waals surface area contributed by atoms with Gasteiger partial charge in [-0.25, -0.2) is 4.98 Å². The summed E-state index contributed by atoms with van der Waals surface area (Å²) in [6.45, 7) is 9.92. The predicted octanol–water partition coefficient (Wildman–Crippen LogP) is 2.51. The van der Waals surface area contributed by atoms with E-state index in [4.69, 9.17) is 4.74 Å². The number of carbonyl (C=O) groups is 1. The number of ether oxygens (including phenoxy) is 1.